The Bertz CT molecular complexity index is 1670. The third kappa shape index (κ3) is 3.76. The van der Waals surface area contributed by atoms with Crippen molar-refractivity contribution < 1.29 is 48.6 Å². The summed E-state index contributed by atoms with van der Waals surface area (Å²) in [5, 5.41) is 40.6. The van der Waals surface area contributed by atoms with Crippen LogP contribution in [0.1, 0.15) is 23.5 Å². The number of aromatic hydroxyl groups is 4. The summed E-state index contributed by atoms with van der Waals surface area (Å²) in [6.45, 7) is 0. The minimum Gasteiger partial charge on any atom is -0.507 e. The molecule has 4 N–H and O–H groups in total. The van der Waals surface area contributed by atoms with E-state index in [0.717, 1.165) is 18.2 Å². The predicted octanol–water partition coefficient (Wildman–Crippen LogP) is 3.75. The predicted molar refractivity (Wildman–Crippen MR) is 133 cm³/mol. The van der Waals surface area contributed by atoms with E-state index in [4.69, 9.17) is 23.4 Å². The van der Waals surface area contributed by atoms with Crippen LogP contribution in [0.4, 0.5) is 0 Å². The number of carbonyl (C=O) groups excluding carboxylic acids is 1. The molecule has 0 saturated heterocycles. The van der Waals surface area contributed by atoms with Gasteiger partial charge in [-0.3, -0.25) is 9.59 Å². The van der Waals surface area contributed by atoms with Gasteiger partial charge in [-0.25, -0.2) is 0 Å². The Kier molecular flexibility index (Phi) is 5.90. The highest BCUT2D eigenvalue weighted by molar-refractivity contribution is 5.94. The van der Waals surface area contributed by atoms with Crippen LogP contribution in [0.15, 0.2) is 45.6 Å². The molecule has 1 aliphatic heterocycles. The van der Waals surface area contributed by atoms with E-state index in [-0.39, 0.29) is 40.0 Å². The monoisotopic (exact) mass is 522 g/mol. The fourth-order valence-corrected chi connectivity index (χ4v) is 4.63. The number of esters is 1. The SMILES string of the molecule is COc1cc(OC)c(C2CC(=O)Oc3cc(O)c4c(=O)c(O)c(-c5ccc(O)c(O)c5)oc4c32)cc1OC. The van der Waals surface area contributed by atoms with Crippen molar-refractivity contribution in [2.24, 2.45) is 0 Å². The molecule has 0 amide bonds. The summed E-state index contributed by atoms with van der Waals surface area (Å²) in [5.41, 5.74) is -0.315. The van der Waals surface area contributed by atoms with Crippen LogP contribution >= 0.6 is 0 Å². The smallest absolute Gasteiger partial charge is 0.312 e. The van der Waals surface area contributed by atoms with Crippen molar-refractivity contribution >= 4 is 16.9 Å². The van der Waals surface area contributed by atoms with Gasteiger partial charge >= 0.3 is 5.97 Å². The van der Waals surface area contributed by atoms with E-state index in [0.29, 0.717) is 22.8 Å². The Morgan fingerprint density at radius 1 is 0.816 bits per heavy atom. The molecule has 0 aliphatic carbocycles. The average Bonchev–Trinajstić information content (AvgIpc) is 2.90. The lowest BCUT2D eigenvalue weighted by Gasteiger charge is -2.27. The summed E-state index contributed by atoms with van der Waals surface area (Å²) in [7, 11) is 4.35. The van der Waals surface area contributed by atoms with E-state index in [1.165, 1.54) is 27.4 Å². The lowest BCUT2D eigenvalue weighted by molar-refractivity contribution is -0.135. The van der Waals surface area contributed by atoms with Gasteiger partial charge in [0.25, 0.3) is 0 Å². The van der Waals surface area contributed by atoms with Crippen LogP contribution in [-0.4, -0.2) is 47.7 Å². The molecule has 11 nitrogen and oxygen atoms in total. The van der Waals surface area contributed by atoms with E-state index >= 15 is 0 Å². The number of phenolic OH excluding ortho intramolecular Hbond substituents is 3. The lowest BCUT2D eigenvalue weighted by Crippen LogP contribution is -2.22. The third-order valence-electron chi connectivity index (χ3n) is 6.41. The average molecular weight is 522 g/mol. The Morgan fingerprint density at radius 2 is 1.50 bits per heavy atom. The van der Waals surface area contributed by atoms with Crippen molar-refractivity contribution in [3.05, 3.63) is 57.7 Å². The van der Waals surface area contributed by atoms with Gasteiger partial charge in [-0.15, -0.1) is 0 Å². The molecular formula is C27H22O11. The Morgan fingerprint density at radius 3 is 2.16 bits per heavy atom. The Labute approximate surface area is 214 Å². The highest BCUT2D eigenvalue weighted by Gasteiger charge is 2.36. The van der Waals surface area contributed by atoms with Crippen molar-refractivity contribution in [3.63, 3.8) is 0 Å². The molecule has 11 heteroatoms. The molecule has 0 fully saturated rings. The van der Waals surface area contributed by atoms with Gasteiger partial charge in [-0.1, -0.05) is 0 Å². The topological polar surface area (TPSA) is 165 Å². The second-order valence-corrected chi connectivity index (χ2v) is 8.50. The van der Waals surface area contributed by atoms with Crippen LogP contribution in [0, 0.1) is 0 Å². The molecular weight excluding hydrogens is 500 g/mol. The van der Waals surface area contributed by atoms with Gasteiger partial charge in [-0.05, 0) is 24.3 Å². The van der Waals surface area contributed by atoms with Gasteiger partial charge in [0, 0.05) is 34.7 Å². The molecule has 3 aromatic carbocycles. The van der Waals surface area contributed by atoms with Gasteiger partial charge in [0.05, 0.1) is 27.8 Å². The number of phenols is 3. The molecule has 0 saturated carbocycles. The molecule has 0 radical (unpaired) electrons. The molecule has 1 aromatic heterocycles. The van der Waals surface area contributed by atoms with Crippen molar-refractivity contribution in [2.45, 2.75) is 12.3 Å². The number of rotatable bonds is 5. The molecule has 0 spiro atoms. The zero-order chi connectivity index (χ0) is 27.3. The molecule has 1 atom stereocenters. The molecule has 38 heavy (non-hydrogen) atoms. The van der Waals surface area contributed by atoms with E-state index in [2.05, 4.69) is 0 Å². The summed E-state index contributed by atoms with van der Waals surface area (Å²) < 4.78 is 27.8. The summed E-state index contributed by atoms with van der Waals surface area (Å²) in [6, 6.07) is 7.90. The van der Waals surface area contributed by atoms with Gasteiger partial charge in [-0.2, -0.15) is 0 Å². The maximum absolute atomic E-state index is 13.2. The molecule has 1 aliphatic rings. The molecule has 0 bridgehead atoms. The largest absolute Gasteiger partial charge is 0.507 e. The minimum atomic E-state index is -0.955. The van der Waals surface area contributed by atoms with Crippen LogP contribution in [0.3, 0.4) is 0 Å². The number of fused-ring (bicyclic) bond motifs is 3. The fourth-order valence-electron chi connectivity index (χ4n) is 4.63. The summed E-state index contributed by atoms with van der Waals surface area (Å²) in [4.78, 5) is 25.9. The first-order valence-corrected chi connectivity index (χ1v) is 11.3. The van der Waals surface area contributed by atoms with Crippen molar-refractivity contribution in [3.8, 4) is 57.3 Å². The van der Waals surface area contributed by atoms with Gasteiger partial charge in [0.2, 0.25) is 11.2 Å². The second-order valence-electron chi connectivity index (χ2n) is 8.50. The normalized spacial score (nSPS) is 14.6. The molecule has 196 valence electrons. The van der Waals surface area contributed by atoms with Crippen LogP contribution in [0.2, 0.25) is 0 Å². The van der Waals surface area contributed by atoms with E-state index < -0.39 is 40.3 Å². The Hall–Kier alpha value is -5.06. The first kappa shape index (κ1) is 24.6. The number of methoxy groups -OCH3 is 3. The fraction of sp³-hybridized carbons (Fsp3) is 0.185. The first-order valence-electron chi connectivity index (χ1n) is 11.3. The van der Waals surface area contributed by atoms with Gasteiger partial charge in [0.1, 0.15) is 28.2 Å². The number of ether oxygens (including phenoxy) is 4. The number of hydrogen-bond donors (Lipinski definition) is 4. The maximum Gasteiger partial charge on any atom is 0.312 e. The van der Waals surface area contributed by atoms with E-state index in [9.17, 15) is 30.0 Å². The van der Waals surface area contributed by atoms with Crippen LogP contribution < -0.4 is 24.4 Å². The molecule has 5 rings (SSSR count). The van der Waals surface area contributed by atoms with Crippen molar-refractivity contribution in [2.75, 3.05) is 21.3 Å². The second kappa shape index (κ2) is 9.11. The van der Waals surface area contributed by atoms with Gasteiger partial charge < -0.3 is 43.8 Å². The van der Waals surface area contributed by atoms with Crippen LogP contribution in [0.5, 0.6) is 46.0 Å². The zero-order valence-corrected chi connectivity index (χ0v) is 20.4. The number of benzene rings is 3. The lowest BCUT2D eigenvalue weighted by atomic mass is 9.84. The summed E-state index contributed by atoms with van der Waals surface area (Å²) in [5.74, 6) is -3.04. The molecule has 1 unspecified atom stereocenters. The molecule has 4 aromatic rings. The van der Waals surface area contributed by atoms with Crippen LogP contribution in [-0.2, 0) is 4.79 Å². The third-order valence-corrected chi connectivity index (χ3v) is 6.41. The van der Waals surface area contributed by atoms with Crippen molar-refractivity contribution in [1.82, 2.24) is 0 Å². The quantitative estimate of drug-likeness (QED) is 0.171. The highest BCUT2D eigenvalue weighted by Crippen LogP contribution is 2.50. The molecule has 2 heterocycles. The number of carbonyl (C=O) groups is 1. The summed E-state index contributed by atoms with van der Waals surface area (Å²) in [6.07, 6.45) is -0.182. The first-order chi connectivity index (χ1) is 18.2. The van der Waals surface area contributed by atoms with Crippen molar-refractivity contribution in [1.29, 1.82) is 0 Å². The summed E-state index contributed by atoms with van der Waals surface area (Å²) >= 11 is 0. The van der Waals surface area contributed by atoms with Crippen LogP contribution in [0.25, 0.3) is 22.3 Å². The minimum absolute atomic E-state index is 0.0542. The highest BCUT2D eigenvalue weighted by atomic mass is 16.5. The van der Waals surface area contributed by atoms with E-state index in [1.54, 1.807) is 12.1 Å². The standard InChI is InChI=1S/C27H22O11/c1-34-17-10-19(36-3)18(35-2)7-12(17)13-8-21(31)37-20-9-16(30)23-24(32)25(33)26(38-27(23)22(13)20)11-4-5-14(28)15(29)6-11/h4-7,9-10,13,28-30,33H,8H2,1-3H3. The van der Waals surface area contributed by atoms with E-state index in [1.807, 2.05) is 0 Å². The zero-order valence-electron chi connectivity index (χ0n) is 20.4. The van der Waals surface area contributed by atoms with Gasteiger partial charge in [0.15, 0.2) is 28.8 Å². The number of hydrogen-bond acceptors (Lipinski definition) is 11. The maximum atomic E-state index is 13.2. The Balaban J connectivity index is 1.86.